The molecule has 2 aromatic rings. The first kappa shape index (κ1) is 19.1. The number of rotatable bonds is 5. The van der Waals surface area contributed by atoms with Gasteiger partial charge in [0.15, 0.2) is 0 Å². The van der Waals surface area contributed by atoms with Gasteiger partial charge in [-0.15, -0.1) is 0 Å². The number of nitrogens with zero attached hydrogens (tertiary/aromatic N) is 2. The van der Waals surface area contributed by atoms with Gasteiger partial charge >= 0.3 is 0 Å². The normalized spacial score (nSPS) is 19.1. The number of aromatic nitrogens is 2. The van der Waals surface area contributed by atoms with Crippen LogP contribution in [0.1, 0.15) is 44.6 Å². The van der Waals surface area contributed by atoms with Crippen molar-refractivity contribution < 1.29 is 4.39 Å². The van der Waals surface area contributed by atoms with Crippen molar-refractivity contribution in [3.63, 3.8) is 0 Å². The fraction of sp³-hybridized carbons (Fsp3) is 0.429. The van der Waals surface area contributed by atoms with Crippen molar-refractivity contribution in [1.29, 1.82) is 0 Å². The number of benzene rings is 1. The highest BCUT2D eigenvalue weighted by atomic mass is 19.1. The van der Waals surface area contributed by atoms with E-state index in [1.807, 2.05) is 0 Å². The molecule has 0 aliphatic heterocycles. The lowest BCUT2D eigenvalue weighted by Gasteiger charge is -2.22. The van der Waals surface area contributed by atoms with Crippen molar-refractivity contribution >= 4 is 17.5 Å². The van der Waals surface area contributed by atoms with Crippen LogP contribution in [0.5, 0.6) is 0 Å². The van der Waals surface area contributed by atoms with E-state index in [-0.39, 0.29) is 11.9 Å². The second-order valence-corrected chi connectivity index (χ2v) is 6.91. The van der Waals surface area contributed by atoms with E-state index in [4.69, 9.17) is 5.73 Å². The Morgan fingerprint density at radius 2 is 2.22 bits per heavy atom. The van der Waals surface area contributed by atoms with Gasteiger partial charge in [0.2, 0.25) is 5.95 Å². The standard InChI is InChI=1S/C21H26FN5/c1-2-11-24-20-16(10-9-15-5-3-7-18(23)12-15)14-25-21(27-20)26-19-8-4-6-17(22)13-19/h4,6,8,13-15,18H,2-3,5,7,11-12,23H2,1H3,(H2,24,25,26,27)/t15-,18-/m0/s1. The molecule has 4 N–H and O–H groups in total. The Labute approximate surface area is 160 Å². The second kappa shape index (κ2) is 9.33. The summed E-state index contributed by atoms with van der Waals surface area (Å²) in [6.07, 6.45) is 6.95. The third-order valence-corrected chi connectivity index (χ3v) is 4.54. The van der Waals surface area contributed by atoms with Crippen molar-refractivity contribution in [2.45, 2.75) is 45.1 Å². The van der Waals surface area contributed by atoms with Crippen LogP contribution in [0.3, 0.4) is 0 Å². The zero-order chi connectivity index (χ0) is 19.1. The Kier molecular flexibility index (Phi) is 6.61. The van der Waals surface area contributed by atoms with E-state index in [0.29, 0.717) is 23.4 Å². The lowest BCUT2D eigenvalue weighted by molar-refractivity contribution is 0.381. The molecule has 0 saturated heterocycles. The minimum Gasteiger partial charge on any atom is -0.369 e. The van der Waals surface area contributed by atoms with Crippen LogP contribution in [0.4, 0.5) is 21.8 Å². The molecular weight excluding hydrogens is 341 g/mol. The molecule has 2 atom stereocenters. The molecule has 1 aliphatic rings. The summed E-state index contributed by atoms with van der Waals surface area (Å²) in [6, 6.07) is 6.47. The molecule has 0 bridgehead atoms. The highest BCUT2D eigenvalue weighted by Gasteiger charge is 2.17. The summed E-state index contributed by atoms with van der Waals surface area (Å²) in [5.74, 6) is 7.70. The third-order valence-electron chi connectivity index (χ3n) is 4.54. The second-order valence-electron chi connectivity index (χ2n) is 6.91. The van der Waals surface area contributed by atoms with Gasteiger partial charge in [-0.05, 0) is 43.9 Å². The maximum absolute atomic E-state index is 13.4. The molecule has 0 spiro atoms. The number of anilines is 3. The van der Waals surface area contributed by atoms with E-state index in [9.17, 15) is 4.39 Å². The number of hydrogen-bond donors (Lipinski definition) is 3. The Hall–Kier alpha value is -2.65. The van der Waals surface area contributed by atoms with Crippen molar-refractivity contribution in [2.24, 2.45) is 11.7 Å². The third kappa shape index (κ3) is 5.66. The van der Waals surface area contributed by atoms with Crippen LogP contribution < -0.4 is 16.4 Å². The summed E-state index contributed by atoms with van der Waals surface area (Å²) in [4.78, 5) is 8.87. The summed E-state index contributed by atoms with van der Waals surface area (Å²) >= 11 is 0. The van der Waals surface area contributed by atoms with Gasteiger partial charge < -0.3 is 16.4 Å². The monoisotopic (exact) mass is 367 g/mol. The van der Waals surface area contributed by atoms with Gasteiger partial charge in [0.25, 0.3) is 0 Å². The van der Waals surface area contributed by atoms with Crippen molar-refractivity contribution in [2.75, 3.05) is 17.2 Å². The maximum atomic E-state index is 13.4. The van der Waals surface area contributed by atoms with Crippen LogP contribution in [-0.2, 0) is 0 Å². The summed E-state index contributed by atoms with van der Waals surface area (Å²) in [7, 11) is 0. The summed E-state index contributed by atoms with van der Waals surface area (Å²) in [6.45, 7) is 2.88. The quantitative estimate of drug-likeness (QED) is 0.695. The first-order valence-electron chi connectivity index (χ1n) is 9.54. The maximum Gasteiger partial charge on any atom is 0.229 e. The van der Waals surface area contributed by atoms with Gasteiger partial charge in [0, 0.05) is 24.2 Å². The van der Waals surface area contributed by atoms with E-state index in [2.05, 4.69) is 39.4 Å². The SMILES string of the molecule is CCCNc1nc(Nc2cccc(F)c2)ncc1C#C[C@@H]1CCC[C@H](N)C1. The Morgan fingerprint density at radius 1 is 1.33 bits per heavy atom. The average molecular weight is 367 g/mol. The van der Waals surface area contributed by atoms with Crippen LogP contribution >= 0.6 is 0 Å². The average Bonchev–Trinajstić information content (AvgIpc) is 2.65. The van der Waals surface area contributed by atoms with E-state index < -0.39 is 0 Å². The molecule has 0 unspecified atom stereocenters. The fourth-order valence-electron chi connectivity index (χ4n) is 3.15. The number of nitrogens with one attached hydrogen (secondary N) is 2. The molecule has 3 rings (SSSR count). The Bertz CT molecular complexity index is 827. The van der Waals surface area contributed by atoms with Crippen molar-refractivity contribution in [1.82, 2.24) is 9.97 Å². The molecular formula is C21H26FN5. The zero-order valence-corrected chi connectivity index (χ0v) is 15.6. The number of hydrogen-bond acceptors (Lipinski definition) is 5. The largest absolute Gasteiger partial charge is 0.369 e. The molecule has 142 valence electrons. The van der Waals surface area contributed by atoms with Gasteiger partial charge in [0.05, 0.1) is 11.8 Å². The minimum atomic E-state index is -0.308. The molecule has 1 heterocycles. The lowest BCUT2D eigenvalue weighted by atomic mass is 9.86. The van der Waals surface area contributed by atoms with Crippen LogP contribution in [0.25, 0.3) is 0 Å². The molecule has 1 aliphatic carbocycles. The van der Waals surface area contributed by atoms with Crippen molar-refractivity contribution in [3.05, 3.63) is 41.8 Å². The van der Waals surface area contributed by atoms with Gasteiger partial charge in [0.1, 0.15) is 11.6 Å². The van der Waals surface area contributed by atoms with Gasteiger partial charge in [-0.25, -0.2) is 9.37 Å². The molecule has 1 fully saturated rings. The molecule has 1 aromatic heterocycles. The number of nitrogens with two attached hydrogens (primary N) is 1. The Balaban J connectivity index is 1.79. The lowest BCUT2D eigenvalue weighted by Crippen LogP contribution is -2.27. The first-order chi connectivity index (χ1) is 13.1. The first-order valence-corrected chi connectivity index (χ1v) is 9.54. The van der Waals surface area contributed by atoms with E-state index in [1.165, 1.54) is 12.1 Å². The number of halogens is 1. The summed E-state index contributed by atoms with van der Waals surface area (Å²) in [5, 5.41) is 6.34. The molecule has 0 radical (unpaired) electrons. The Morgan fingerprint density at radius 3 is 3.00 bits per heavy atom. The van der Waals surface area contributed by atoms with Gasteiger partial charge in [-0.1, -0.05) is 31.3 Å². The predicted molar refractivity (Wildman–Crippen MR) is 107 cm³/mol. The zero-order valence-electron chi connectivity index (χ0n) is 15.6. The fourth-order valence-corrected chi connectivity index (χ4v) is 3.15. The van der Waals surface area contributed by atoms with Crippen LogP contribution in [0.15, 0.2) is 30.5 Å². The van der Waals surface area contributed by atoms with Gasteiger partial charge in [-0.3, -0.25) is 0 Å². The van der Waals surface area contributed by atoms with Crippen LogP contribution in [0, 0.1) is 23.6 Å². The highest BCUT2D eigenvalue weighted by Crippen LogP contribution is 2.23. The molecule has 0 amide bonds. The minimum absolute atomic E-state index is 0.254. The molecule has 27 heavy (non-hydrogen) atoms. The van der Waals surface area contributed by atoms with E-state index >= 15 is 0 Å². The topological polar surface area (TPSA) is 75.9 Å². The van der Waals surface area contributed by atoms with Crippen LogP contribution in [-0.4, -0.2) is 22.6 Å². The molecule has 6 heteroatoms. The molecule has 1 saturated carbocycles. The van der Waals surface area contributed by atoms with Gasteiger partial charge in [-0.2, -0.15) is 4.98 Å². The smallest absolute Gasteiger partial charge is 0.229 e. The van der Waals surface area contributed by atoms with E-state index in [0.717, 1.165) is 44.2 Å². The van der Waals surface area contributed by atoms with Crippen LogP contribution in [0.2, 0.25) is 0 Å². The summed E-state index contributed by atoms with van der Waals surface area (Å²) in [5.41, 5.74) is 7.43. The van der Waals surface area contributed by atoms with E-state index in [1.54, 1.807) is 18.3 Å². The molecule has 1 aromatic carbocycles. The summed E-state index contributed by atoms with van der Waals surface area (Å²) < 4.78 is 13.4. The molecule has 5 nitrogen and oxygen atoms in total. The van der Waals surface area contributed by atoms with Crippen molar-refractivity contribution in [3.8, 4) is 11.8 Å². The highest BCUT2D eigenvalue weighted by molar-refractivity contribution is 5.59. The predicted octanol–water partition coefficient (Wildman–Crippen LogP) is 4.05.